The Morgan fingerprint density at radius 2 is 1.70 bits per heavy atom. The number of aromatic nitrogens is 1. The molecule has 0 fully saturated rings. The highest BCUT2D eigenvalue weighted by Gasteiger charge is 2.13. The van der Waals surface area contributed by atoms with Crippen molar-refractivity contribution in [2.24, 2.45) is 0 Å². The van der Waals surface area contributed by atoms with Crippen LogP contribution in [-0.2, 0) is 0 Å². The molecule has 2 amide bonds. The van der Waals surface area contributed by atoms with Crippen molar-refractivity contribution in [2.75, 3.05) is 19.4 Å². The summed E-state index contributed by atoms with van der Waals surface area (Å²) in [6, 6.07) is 19.6. The average Bonchev–Trinajstić information content (AvgIpc) is 2.74. The Morgan fingerprint density at radius 3 is 2.37 bits per heavy atom. The zero-order chi connectivity index (χ0) is 21.5. The Hall–Kier alpha value is -3.78. The van der Waals surface area contributed by atoms with E-state index in [1.54, 1.807) is 26.2 Å². The molecular formula is C22H20N4O3S. The number of anilines is 1. The number of benzene rings is 2. The summed E-state index contributed by atoms with van der Waals surface area (Å²) in [5.74, 6) is 0.678. The Kier molecular flexibility index (Phi) is 6.71. The van der Waals surface area contributed by atoms with Crippen LogP contribution in [0.15, 0.2) is 72.9 Å². The molecule has 0 saturated heterocycles. The lowest BCUT2D eigenvalue weighted by atomic mass is 10.2. The van der Waals surface area contributed by atoms with E-state index >= 15 is 0 Å². The molecule has 0 unspecified atom stereocenters. The molecule has 0 aliphatic rings. The summed E-state index contributed by atoms with van der Waals surface area (Å²) in [5.41, 5.74) is 1.21. The van der Waals surface area contributed by atoms with Gasteiger partial charge in [0.2, 0.25) is 0 Å². The molecule has 8 heteroatoms. The number of nitrogens with one attached hydrogen (secondary N) is 2. The van der Waals surface area contributed by atoms with Gasteiger partial charge in [0.15, 0.2) is 5.11 Å². The lowest BCUT2D eigenvalue weighted by Crippen LogP contribution is -2.34. The molecule has 0 saturated carbocycles. The summed E-state index contributed by atoms with van der Waals surface area (Å²) in [4.78, 5) is 29.7. The maximum absolute atomic E-state index is 12.4. The second-order valence-corrected chi connectivity index (χ2v) is 6.89. The number of rotatable bonds is 5. The van der Waals surface area contributed by atoms with Gasteiger partial charge in [-0.3, -0.25) is 19.9 Å². The van der Waals surface area contributed by atoms with Crippen molar-refractivity contribution in [1.82, 2.24) is 15.2 Å². The van der Waals surface area contributed by atoms with Gasteiger partial charge in [-0.1, -0.05) is 24.3 Å². The van der Waals surface area contributed by atoms with E-state index in [1.165, 1.54) is 23.2 Å². The molecule has 3 aromatic rings. The maximum Gasteiger partial charge on any atom is 0.271 e. The van der Waals surface area contributed by atoms with Crippen molar-refractivity contribution < 1.29 is 14.3 Å². The van der Waals surface area contributed by atoms with Gasteiger partial charge < -0.3 is 15.0 Å². The molecule has 0 aliphatic heterocycles. The normalized spacial score (nSPS) is 10.1. The van der Waals surface area contributed by atoms with Crippen LogP contribution < -0.4 is 15.4 Å². The summed E-state index contributed by atoms with van der Waals surface area (Å²) in [6.07, 6.45) is 1.34. The molecule has 30 heavy (non-hydrogen) atoms. The fourth-order valence-electron chi connectivity index (χ4n) is 2.48. The quantitative estimate of drug-likeness (QED) is 0.613. The van der Waals surface area contributed by atoms with Gasteiger partial charge in [0.25, 0.3) is 11.8 Å². The maximum atomic E-state index is 12.4. The first-order valence-electron chi connectivity index (χ1n) is 9.05. The van der Waals surface area contributed by atoms with Gasteiger partial charge in [-0.25, -0.2) is 0 Å². The van der Waals surface area contributed by atoms with Crippen molar-refractivity contribution in [3.05, 3.63) is 84.2 Å². The highest BCUT2D eigenvalue weighted by atomic mass is 32.1. The van der Waals surface area contributed by atoms with Crippen LogP contribution in [0.25, 0.3) is 0 Å². The number of amides is 2. The Morgan fingerprint density at radius 1 is 0.967 bits per heavy atom. The fraction of sp³-hybridized carbons (Fsp3) is 0.0909. The third-order valence-electron chi connectivity index (χ3n) is 3.95. The number of carbonyl (C=O) groups excluding carboxylic acids is 2. The van der Waals surface area contributed by atoms with Crippen molar-refractivity contribution >= 4 is 34.8 Å². The van der Waals surface area contributed by atoms with E-state index in [0.29, 0.717) is 17.2 Å². The molecule has 152 valence electrons. The predicted molar refractivity (Wildman–Crippen MR) is 119 cm³/mol. The van der Waals surface area contributed by atoms with Crippen LogP contribution in [0.1, 0.15) is 20.8 Å². The second-order valence-electron chi connectivity index (χ2n) is 6.48. The molecule has 3 rings (SSSR count). The number of nitrogens with zero attached hydrogens (tertiary/aromatic N) is 2. The summed E-state index contributed by atoms with van der Waals surface area (Å²) < 4.78 is 5.79. The lowest BCUT2D eigenvalue weighted by Gasteiger charge is -2.12. The van der Waals surface area contributed by atoms with Gasteiger partial charge in [0.1, 0.15) is 17.2 Å². The molecule has 0 atom stereocenters. The Balaban J connectivity index is 1.59. The summed E-state index contributed by atoms with van der Waals surface area (Å²) in [6.45, 7) is 0. The summed E-state index contributed by atoms with van der Waals surface area (Å²) >= 11 is 5.22. The van der Waals surface area contributed by atoms with Crippen LogP contribution in [0.4, 0.5) is 5.69 Å². The SMILES string of the molecule is CN(C)C(=O)c1ccc(C(=O)NC(=S)Nc2cccc(Oc3ccccc3)c2)cn1. The molecule has 0 bridgehead atoms. The van der Waals surface area contributed by atoms with E-state index in [4.69, 9.17) is 17.0 Å². The number of ether oxygens (including phenoxy) is 1. The third kappa shape index (κ3) is 5.62. The van der Waals surface area contributed by atoms with Gasteiger partial charge in [-0.15, -0.1) is 0 Å². The number of carbonyl (C=O) groups is 2. The first-order valence-corrected chi connectivity index (χ1v) is 9.46. The molecule has 7 nitrogen and oxygen atoms in total. The fourth-order valence-corrected chi connectivity index (χ4v) is 2.69. The van der Waals surface area contributed by atoms with Crippen molar-refractivity contribution in [3.63, 3.8) is 0 Å². The molecule has 0 radical (unpaired) electrons. The molecular weight excluding hydrogens is 400 g/mol. The lowest BCUT2D eigenvalue weighted by molar-refractivity contribution is 0.0821. The van der Waals surface area contributed by atoms with Crippen LogP contribution in [-0.4, -0.2) is 40.9 Å². The molecule has 0 spiro atoms. The van der Waals surface area contributed by atoms with Gasteiger partial charge >= 0.3 is 0 Å². The Labute approximate surface area is 179 Å². The first-order chi connectivity index (χ1) is 14.4. The van der Waals surface area contributed by atoms with Gasteiger partial charge in [-0.2, -0.15) is 0 Å². The van der Waals surface area contributed by atoms with E-state index in [-0.39, 0.29) is 22.3 Å². The topological polar surface area (TPSA) is 83.6 Å². The van der Waals surface area contributed by atoms with Gasteiger partial charge in [0, 0.05) is 32.0 Å². The first kappa shape index (κ1) is 20.9. The molecule has 1 aromatic heterocycles. The largest absolute Gasteiger partial charge is 0.457 e. The smallest absolute Gasteiger partial charge is 0.271 e. The van der Waals surface area contributed by atoms with Gasteiger partial charge in [-0.05, 0) is 48.6 Å². The minimum Gasteiger partial charge on any atom is -0.457 e. The number of para-hydroxylation sites is 1. The van der Waals surface area contributed by atoms with Crippen LogP contribution in [0, 0.1) is 0 Å². The highest BCUT2D eigenvalue weighted by Crippen LogP contribution is 2.23. The Bertz CT molecular complexity index is 1050. The molecule has 1 heterocycles. The van der Waals surface area contributed by atoms with Gasteiger partial charge in [0.05, 0.1) is 5.56 Å². The number of pyridine rings is 1. The van der Waals surface area contributed by atoms with Crippen LogP contribution in [0.3, 0.4) is 0 Å². The molecule has 2 aromatic carbocycles. The molecule has 2 N–H and O–H groups in total. The van der Waals surface area contributed by atoms with Crippen LogP contribution >= 0.6 is 12.2 Å². The van der Waals surface area contributed by atoms with Crippen molar-refractivity contribution in [3.8, 4) is 11.5 Å². The predicted octanol–water partition coefficient (Wildman–Crippen LogP) is 3.70. The number of hydrogen-bond acceptors (Lipinski definition) is 5. The molecule has 0 aliphatic carbocycles. The van der Waals surface area contributed by atoms with E-state index in [0.717, 1.165) is 0 Å². The minimum atomic E-state index is -0.430. The number of thiocarbonyl (C=S) groups is 1. The highest BCUT2D eigenvalue weighted by molar-refractivity contribution is 7.80. The standard InChI is InChI=1S/C22H20N4O3S/c1-26(2)21(28)19-12-11-15(14-23-19)20(27)25-22(30)24-16-7-6-10-18(13-16)29-17-8-4-3-5-9-17/h3-14H,1-2H3,(H2,24,25,27,30). The summed E-state index contributed by atoms with van der Waals surface area (Å²) in [7, 11) is 3.27. The van der Waals surface area contributed by atoms with Crippen molar-refractivity contribution in [1.29, 1.82) is 0 Å². The van der Waals surface area contributed by atoms with E-state index in [2.05, 4.69) is 15.6 Å². The van der Waals surface area contributed by atoms with Crippen LogP contribution in [0.2, 0.25) is 0 Å². The van der Waals surface area contributed by atoms with Crippen LogP contribution in [0.5, 0.6) is 11.5 Å². The second kappa shape index (κ2) is 9.62. The minimum absolute atomic E-state index is 0.130. The van der Waals surface area contributed by atoms with E-state index in [1.807, 2.05) is 42.5 Å². The van der Waals surface area contributed by atoms with E-state index < -0.39 is 5.91 Å². The third-order valence-corrected chi connectivity index (χ3v) is 4.15. The number of hydrogen-bond donors (Lipinski definition) is 2. The van der Waals surface area contributed by atoms with Crippen molar-refractivity contribution in [2.45, 2.75) is 0 Å². The zero-order valence-electron chi connectivity index (χ0n) is 16.5. The van der Waals surface area contributed by atoms with E-state index in [9.17, 15) is 9.59 Å². The monoisotopic (exact) mass is 420 g/mol. The summed E-state index contributed by atoms with van der Waals surface area (Å²) in [5, 5.41) is 5.67. The average molecular weight is 420 g/mol. The zero-order valence-corrected chi connectivity index (χ0v) is 17.3.